The Balaban J connectivity index is 2.06. The first-order valence-electron chi connectivity index (χ1n) is 6.90. The van der Waals surface area contributed by atoms with Crippen LogP contribution in [0.25, 0.3) is 0 Å². The fraction of sp³-hybridized carbons (Fsp3) is 0.923. The lowest BCUT2D eigenvalue weighted by Gasteiger charge is -2.19. The standard InChI is InChI=1S/C13H26N2O3S/c1-13(2,3)10-15-12(16)14-7-4-5-11-6-8-19(17,18)9-11/h11H,4-10H2,1-3H3,(H2,14,15,16). The van der Waals surface area contributed by atoms with E-state index in [1.807, 2.05) is 0 Å². The van der Waals surface area contributed by atoms with Gasteiger partial charge in [-0.1, -0.05) is 20.8 Å². The zero-order valence-electron chi connectivity index (χ0n) is 12.2. The Morgan fingerprint density at radius 1 is 1.26 bits per heavy atom. The van der Waals surface area contributed by atoms with Gasteiger partial charge in [0, 0.05) is 13.1 Å². The van der Waals surface area contributed by atoms with E-state index in [9.17, 15) is 13.2 Å². The molecule has 1 atom stereocenters. The molecule has 5 nitrogen and oxygen atoms in total. The summed E-state index contributed by atoms with van der Waals surface area (Å²) < 4.78 is 22.6. The number of nitrogens with one attached hydrogen (secondary N) is 2. The van der Waals surface area contributed by atoms with Gasteiger partial charge in [-0.15, -0.1) is 0 Å². The van der Waals surface area contributed by atoms with Crippen LogP contribution in [-0.2, 0) is 9.84 Å². The summed E-state index contributed by atoms with van der Waals surface area (Å²) in [5.41, 5.74) is 0.0789. The molecule has 0 spiro atoms. The summed E-state index contributed by atoms with van der Waals surface area (Å²) >= 11 is 0. The molecule has 0 saturated carbocycles. The van der Waals surface area contributed by atoms with Crippen LogP contribution < -0.4 is 10.6 Å². The quantitative estimate of drug-likeness (QED) is 0.754. The molecular formula is C13H26N2O3S. The summed E-state index contributed by atoms with van der Waals surface area (Å²) in [6, 6.07) is -0.144. The first kappa shape index (κ1) is 16.3. The van der Waals surface area contributed by atoms with Crippen LogP contribution in [0.2, 0.25) is 0 Å². The van der Waals surface area contributed by atoms with Gasteiger partial charge in [0.25, 0.3) is 0 Å². The molecule has 112 valence electrons. The first-order chi connectivity index (χ1) is 8.68. The summed E-state index contributed by atoms with van der Waals surface area (Å²) in [5.74, 6) is 0.935. The molecule has 1 heterocycles. The molecular weight excluding hydrogens is 264 g/mol. The molecule has 1 unspecified atom stereocenters. The van der Waals surface area contributed by atoms with Crippen molar-refractivity contribution < 1.29 is 13.2 Å². The Labute approximate surface area is 116 Å². The molecule has 0 aromatic carbocycles. The van der Waals surface area contributed by atoms with Crippen molar-refractivity contribution in [3.05, 3.63) is 0 Å². The largest absolute Gasteiger partial charge is 0.338 e. The van der Waals surface area contributed by atoms with E-state index in [0.717, 1.165) is 19.3 Å². The topological polar surface area (TPSA) is 75.3 Å². The highest BCUT2D eigenvalue weighted by molar-refractivity contribution is 7.91. The van der Waals surface area contributed by atoms with Gasteiger partial charge in [0.2, 0.25) is 0 Å². The molecule has 2 N–H and O–H groups in total. The van der Waals surface area contributed by atoms with Gasteiger partial charge < -0.3 is 10.6 Å². The lowest BCUT2D eigenvalue weighted by molar-refractivity contribution is 0.235. The fourth-order valence-corrected chi connectivity index (χ4v) is 4.01. The predicted octanol–water partition coefficient (Wildman–Crippen LogP) is 1.55. The second kappa shape index (κ2) is 6.59. The molecule has 2 amide bonds. The molecule has 19 heavy (non-hydrogen) atoms. The third-order valence-corrected chi connectivity index (χ3v) is 5.02. The number of sulfone groups is 1. The van der Waals surface area contributed by atoms with E-state index in [2.05, 4.69) is 31.4 Å². The monoisotopic (exact) mass is 290 g/mol. The van der Waals surface area contributed by atoms with E-state index in [1.54, 1.807) is 0 Å². The number of hydrogen-bond acceptors (Lipinski definition) is 3. The minimum atomic E-state index is -2.77. The van der Waals surface area contributed by atoms with Gasteiger partial charge in [-0.3, -0.25) is 0 Å². The second-order valence-electron chi connectivity index (χ2n) is 6.58. The molecule has 0 bridgehead atoms. The van der Waals surface area contributed by atoms with Crippen molar-refractivity contribution in [1.82, 2.24) is 10.6 Å². The maximum Gasteiger partial charge on any atom is 0.314 e. The molecule has 1 fully saturated rings. The van der Waals surface area contributed by atoms with E-state index >= 15 is 0 Å². The Hall–Kier alpha value is -0.780. The molecule has 0 aromatic rings. The van der Waals surface area contributed by atoms with E-state index in [4.69, 9.17) is 0 Å². The smallest absolute Gasteiger partial charge is 0.314 e. The highest BCUT2D eigenvalue weighted by Gasteiger charge is 2.27. The van der Waals surface area contributed by atoms with E-state index in [-0.39, 0.29) is 17.4 Å². The van der Waals surface area contributed by atoms with Gasteiger partial charge in [0.1, 0.15) is 0 Å². The van der Waals surface area contributed by atoms with Crippen LogP contribution in [0.15, 0.2) is 0 Å². The summed E-state index contributed by atoms with van der Waals surface area (Å²) in [7, 11) is -2.77. The Bertz CT molecular complexity index is 399. The number of urea groups is 1. The van der Waals surface area contributed by atoms with Crippen LogP contribution in [0, 0.1) is 11.3 Å². The summed E-state index contributed by atoms with van der Waals surface area (Å²) in [6.45, 7) is 7.43. The molecule has 6 heteroatoms. The van der Waals surface area contributed by atoms with E-state index in [0.29, 0.717) is 24.6 Å². The van der Waals surface area contributed by atoms with Crippen LogP contribution in [0.1, 0.15) is 40.0 Å². The number of amides is 2. The van der Waals surface area contributed by atoms with Gasteiger partial charge in [0.15, 0.2) is 9.84 Å². The van der Waals surface area contributed by atoms with Crippen molar-refractivity contribution in [2.75, 3.05) is 24.6 Å². The molecule has 0 aliphatic carbocycles. The predicted molar refractivity (Wildman–Crippen MR) is 76.9 cm³/mol. The van der Waals surface area contributed by atoms with Crippen molar-refractivity contribution in [2.45, 2.75) is 40.0 Å². The number of hydrogen-bond donors (Lipinski definition) is 2. The SMILES string of the molecule is CC(C)(C)CNC(=O)NCCCC1CCS(=O)(=O)C1. The number of rotatable bonds is 5. The Morgan fingerprint density at radius 3 is 2.47 bits per heavy atom. The van der Waals surface area contributed by atoms with Gasteiger partial charge in [-0.25, -0.2) is 13.2 Å². The van der Waals surface area contributed by atoms with E-state index in [1.165, 1.54) is 0 Å². The number of carbonyl (C=O) groups is 1. The van der Waals surface area contributed by atoms with Crippen LogP contribution in [0.4, 0.5) is 4.79 Å². The second-order valence-corrected chi connectivity index (χ2v) is 8.81. The molecule has 1 aliphatic heterocycles. The van der Waals surface area contributed by atoms with Crippen LogP contribution in [0.5, 0.6) is 0 Å². The minimum Gasteiger partial charge on any atom is -0.338 e. The van der Waals surface area contributed by atoms with Crippen LogP contribution in [-0.4, -0.2) is 39.0 Å². The average molecular weight is 290 g/mol. The lowest BCUT2D eigenvalue weighted by Crippen LogP contribution is -2.40. The third kappa shape index (κ3) is 7.40. The maximum absolute atomic E-state index is 11.5. The summed E-state index contributed by atoms with van der Waals surface area (Å²) in [4.78, 5) is 11.5. The molecule has 1 aliphatic rings. The average Bonchev–Trinajstić information content (AvgIpc) is 2.61. The molecule has 1 saturated heterocycles. The van der Waals surface area contributed by atoms with Crippen LogP contribution >= 0.6 is 0 Å². The molecule has 0 radical (unpaired) electrons. The summed E-state index contributed by atoms with van der Waals surface area (Å²) in [6.07, 6.45) is 2.49. The van der Waals surface area contributed by atoms with Crippen molar-refractivity contribution in [3.8, 4) is 0 Å². The fourth-order valence-electron chi connectivity index (χ4n) is 2.10. The van der Waals surface area contributed by atoms with Crippen molar-refractivity contribution in [2.24, 2.45) is 11.3 Å². The number of carbonyl (C=O) groups excluding carboxylic acids is 1. The highest BCUT2D eigenvalue weighted by atomic mass is 32.2. The summed E-state index contributed by atoms with van der Waals surface area (Å²) in [5, 5.41) is 5.62. The Kier molecular flexibility index (Phi) is 5.64. The van der Waals surface area contributed by atoms with Gasteiger partial charge in [-0.2, -0.15) is 0 Å². The van der Waals surface area contributed by atoms with Gasteiger partial charge in [0.05, 0.1) is 11.5 Å². The van der Waals surface area contributed by atoms with Crippen molar-refractivity contribution >= 4 is 15.9 Å². The van der Waals surface area contributed by atoms with Gasteiger partial charge in [-0.05, 0) is 30.6 Å². The minimum absolute atomic E-state index is 0.0789. The van der Waals surface area contributed by atoms with Crippen LogP contribution in [0.3, 0.4) is 0 Å². The molecule has 0 aromatic heterocycles. The zero-order valence-corrected chi connectivity index (χ0v) is 13.0. The van der Waals surface area contributed by atoms with Crippen molar-refractivity contribution in [1.29, 1.82) is 0 Å². The third-order valence-electron chi connectivity index (χ3n) is 3.18. The highest BCUT2D eigenvalue weighted by Crippen LogP contribution is 2.22. The zero-order chi connectivity index (χ0) is 14.5. The Morgan fingerprint density at radius 2 is 1.95 bits per heavy atom. The van der Waals surface area contributed by atoms with E-state index < -0.39 is 9.84 Å². The normalized spacial score (nSPS) is 22.2. The van der Waals surface area contributed by atoms with Crippen molar-refractivity contribution in [3.63, 3.8) is 0 Å². The first-order valence-corrected chi connectivity index (χ1v) is 8.72. The maximum atomic E-state index is 11.5. The lowest BCUT2D eigenvalue weighted by atomic mass is 9.97. The molecule has 1 rings (SSSR count). The van der Waals surface area contributed by atoms with Gasteiger partial charge >= 0.3 is 6.03 Å².